The summed E-state index contributed by atoms with van der Waals surface area (Å²) in [4.78, 5) is 11.5. The van der Waals surface area contributed by atoms with Crippen LogP contribution in [0.1, 0.15) is 73.7 Å². The highest BCUT2D eigenvalue weighted by Gasteiger charge is 2.29. The molecular weight excluding hydrogens is 374 g/mol. The van der Waals surface area contributed by atoms with Crippen molar-refractivity contribution in [1.29, 1.82) is 0 Å². The lowest BCUT2D eigenvalue weighted by molar-refractivity contribution is 0.0225. The van der Waals surface area contributed by atoms with E-state index >= 15 is 4.39 Å². The minimum atomic E-state index is -1.28. The Hall–Kier alpha value is -2.27. The standard InChI is InChI=1S/C24H28F2O3/c1-2-3-4-15-29-19-11-7-17(8-12-19)22-20(16-5-9-18(25)10-6-16)13-14-21(23(22)26)24(27)28/h5-6,9-10,13-14,17,19H,2-4,7-8,11-12,15H2,1H3,(H,27,28). The first-order valence-corrected chi connectivity index (χ1v) is 10.4. The van der Waals surface area contributed by atoms with Gasteiger partial charge in [-0.15, -0.1) is 0 Å². The van der Waals surface area contributed by atoms with Crippen molar-refractivity contribution < 1.29 is 23.4 Å². The molecule has 0 amide bonds. The number of hydrogen-bond acceptors (Lipinski definition) is 2. The fraction of sp³-hybridized carbons (Fsp3) is 0.458. The average molecular weight is 402 g/mol. The molecule has 0 heterocycles. The molecule has 0 bridgehead atoms. The van der Waals surface area contributed by atoms with Gasteiger partial charge in [0.2, 0.25) is 0 Å². The first-order chi connectivity index (χ1) is 14.0. The number of hydrogen-bond donors (Lipinski definition) is 1. The molecule has 2 aromatic rings. The van der Waals surface area contributed by atoms with E-state index < -0.39 is 11.8 Å². The number of aromatic carboxylic acids is 1. The SMILES string of the molecule is CCCCCOC1CCC(c2c(-c3ccc(F)cc3)ccc(C(=O)O)c2F)CC1. The van der Waals surface area contributed by atoms with Crippen LogP contribution in [0.4, 0.5) is 8.78 Å². The van der Waals surface area contributed by atoms with Gasteiger partial charge in [-0.1, -0.05) is 38.0 Å². The van der Waals surface area contributed by atoms with E-state index in [4.69, 9.17) is 4.74 Å². The Kier molecular flexibility index (Phi) is 7.37. The molecule has 0 spiro atoms. The third kappa shape index (κ3) is 5.21. The predicted molar refractivity (Wildman–Crippen MR) is 109 cm³/mol. The van der Waals surface area contributed by atoms with Gasteiger partial charge in [-0.3, -0.25) is 0 Å². The topological polar surface area (TPSA) is 46.5 Å². The van der Waals surface area contributed by atoms with E-state index in [1.54, 1.807) is 18.2 Å². The molecule has 3 nitrogen and oxygen atoms in total. The molecule has 1 N–H and O–H groups in total. The number of benzene rings is 2. The van der Waals surface area contributed by atoms with E-state index in [0.717, 1.165) is 51.6 Å². The van der Waals surface area contributed by atoms with Crippen LogP contribution in [0, 0.1) is 11.6 Å². The minimum Gasteiger partial charge on any atom is -0.478 e. The second-order valence-electron chi connectivity index (χ2n) is 7.75. The lowest BCUT2D eigenvalue weighted by Gasteiger charge is -2.30. The van der Waals surface area contributed by atoms with Gasteiger partial charge in [0.1, 0.15) is 11.6 Å². The molecule has 2 aromatic carbocycles. The van der Waals surface area contributed by atoms with Gasteiger partial charge in [0.05, 0.1) is 11.7 Å². The van der Waals surface area contributed by atoms with Crippen LogP contribution >= 0.6 is 0 Å². The van der Waals surface area contributed by atoms with Crippen molar-refractivity contribution in [3.05, 3.63) is 59.2 Å². The van der Waals surface area contributed by atoms with Crippen LogP contribution in [-0.4, -0.2) is 23.8 Å². The van der Waals surface area contributed by atoms with Crippen LogP contribution in [0.25, 0.3) is 11.1 Å². The monoisotopic (exact) mass is 402 g/mol. The van der Waals surface area contributed by atoms with Crippen molar-refractivity contribution in [2.24, 2.45) is 0 Å². The molecule has 29 heavy (non-hydrogen) atoms. The Balaban J connectivity index is 1.83. The summed E-state index contributed by atoms with van der Waals surface area (Å²) in [5.74, 6) is -2.39. The summed E-state index contributed by atoms with van der Waals surface area (Å²) < 4.78 is 34.5. The van der Waals surface area contributed by atoms with Crippen LogP contribution in [0.15, 0.2) is 36.4 Å². The van der Waals surface area contributed by atoms with Crippen LogP contribution in [0.2, 0.25) is 0 Å². The van der Waals surface area contributed by atoms with Crippen LogP contribution in [-0.2, 0) is 4.74 Å². The minimum absolute atomic E-state index is 0.0788. The number of rotatable bonds is 8. The van der Waals surface area contributed by atoms with Gasteiger partial charge >= 0.3 is 5.97 Å². The summed E-state index contributed by atoms with van der Waals surface area (Å²) in [6, 6.07) is 8.82. The third-order valence-corrected chi connectivity index (χ3v) is 5.75. The molecule has 1 aliphatic carbocycles. The fourth-order valence-electron chi connectivity index (χ4n) is 4.16. The smallest absolute Gasteiger partial charge is 0.338 e. The van der Waals surface area contributed by atoms with Crippen molar-refractivity contribution in [3.63, 3.8) is 0 Å². The number of unbranched alkanes of at least 4 members (excludes halogenated alkanes) is 2. The van der Waals surface area contributed by atoms with E-state index in [2.05, 4.69) is 6.92 Å². The van der Waals surface area contributed by atoms with Gasteiger partial charge < -0.3 is 9.84 Å². The molecule has 0 aliphatic heterocycles. The fourth-order valence-corrected chi connectivity index (χ4v) is 4.16. The molecule has 1 aliphatic rings. The highest BCUT2D eigenvalue weighted by Crippen LogP contribution is 2.41. The molecule has 0 radical (unpaired) electrons. The van der Waals surface area contributed by atoms with Gasteiger partial charge in [0, 0.05) is 6.61 Å². The normalized spacial score (nSPS) is 19.3. The van der Waals surface area contributed by atoms with Crippen molar-refractivity contribution in [3.8, 4) is 11.1 Å². The van der Waals surface area contributed by atoms with Crippen LogP contribution < -0.4 is 0 Å². The van der Waals surface area contributed by atoms with E-state index in [-0.39, 0.29) is 23.4 Å². The molecule has 1 saturated carbocycles. The first-order valence-electron chi connectivity index (χ1n) is 10.4. The van der Waals surface area contributed by atoms with Crippen molar-refractivity contribution in [1.82, 2.24) is 0 Å². The lowest BCUT2D eigenvalue weighted by atomic mass is 9.79. The summed E-state index contributed by atoms with van der Waals surface area (Å²) in [6.45, 7) is 2.91. The maximum absolute atomic E-state index is 15.2. The largest absolute Gasteiger partial charge is 0.478 e. The van der Waals surface area contributed by atoms with Crippen molar-refractivity contribution in [2.75, 3.05) is 6.61 Å². The molecule has 5 heteroatoms. The molecule has 3 rings (SSSR count). The van der Waals surface area contributed by atoms with E-state index in [9.17, 15) is 14.3 Å². The summed E-state index contributed by atoms with van der Waals surface area (Å²) in [5.41, 5.74) is 1.44. The Morgan fingerprint density at radius 2 is 1.72 bits per heavy atom. The molecule has 0 atom stereocenters. The molecular formula is C24H28F2O3. The van der Waals surface area contributed by atoms with Gasteiger partial charge in [-0.05, 0) is 72.9 Å². The summed E-state index contributed by atoms with van der Waals surface area (Å²) in [5, 5.41) is 9.36. The Morgan fingerprint density at radius 3 is 2.34 bits per heavy atom. The average Bonchev–Trinajstić information content (AvgIpc) is 2.72. The summed E-state index contributed by atoms with van der Waals surface area (Å²) in [6.07, 6.45) is 6.69. The maximum atomic E-state index is 15.2. The molecule has 1 fully saturated rings. The van der Waals surface area contributed by atoms with E-state index in [1.165, 1.54) is 18.2 Å². The van der Waals surface area contributed by atoms with E-state index in [0.29, 0.717) is 16.7 Å². The van der Waals surface area contributed by atoms with Crippen molar-refractivity contribution in [2.45, 2.75) is 63.9 Å². The number of carboxylic acid groups (broad SMARTS) is 1. The molecule has 0 aromatic heterocycles. The molecule has 0 unspecified atom stereocenters. The van der Waals surface area contributed by atoms with Crippen LogP contribution in [0.3, 0.4) is 0 Å². The quantitative estimate of drug-likeness (QED) is 0.509. The predicted octanol–water partition coefficient (Wildman–Crippen LogP) is 6.56. The zero-order valence-corrected chi connectivity index (χ0v) is 16.8. The zero-order valence-electron chi connectivity index (χ0n) is 16.8. The van der Waals surface area contributed by atoms with Gasteiger partial charge in [0.15, 0.2) is 0 Å². The second kappa shape index (κ2) is 9.97. The lowest BCUT2D eigenvalue weighted by Crippen LogP contribution is -2.22. The van der Waals surface area contributed by atoms with E-state index in [1.807, 2.05) is 0 Å². The number of halogens is 2. The maximum Gasteiger partial charge on any atom is 0.338 e. The number of carboxylic acids is 1. The van der Waals surface area contributed by atoms with Gasteiger partial charge in [-0.2, -0.15) is 0 Å². The van der Waals surface area contributed by atoms with Gasteiger partial charge in [-0.25, -0.2) is 13.6 Å². The second-order valence-corrected chi connectivity index (χ2v) is 7.75. The Bertz CT molecular complexity index is 825. The molecule has 0 saturated heterocycles. The number of ether oxygens (including phenoxy) is 1. The Morgan fingerprint density at radius 1 is 1.03 bits per heavy atom. The summed E-state index contributed by atoms with van der Waals surface area (Å²) in [7, 11) is 0. The highest BCUT2D eigenvalue weighted by molar-refractivity contribution is 5.89. The van der Waals surface area contributed by atoms with Crippen molar-refractivity contribution >= 4 is 5.97 Å². The first kappa shape index (κ1) is 21.4. The molecule has 156 valence electrons. The highest BCUT2D eigenvalue weighted by atomic mass is 19.1. The number of carbonyl (C=O) groups is 1. The van der Waals surface area contributed by atoms with Gasteiger partial charge in [0.25, 0.3) is 0 Å². The Labute approximate surface area is 170 Å². The zero-order chi connectivity index (χ0) is 20.8. The van der Waals surface area contributed by atoms with Crippen LogP contribution in [0.5, 0.6) is 0 Å². The summed E-state index contributed by atoms with van der Waals surface area (Å²) >= 11 is 0. The third-order valence-electron chi connectivity index (χ3n) is 5.75.